The van der Waals surface area contributed by atoms with Gasteiger partial charge in [-0.05, 0) is 48.1 Å². The third kappa shape index (κ3) is 3.18. The third-order valence-corrected chi connectivity index (χ3v) is 4.01. The lowest BCUT2D eigenvalue weighted by Gasteiger charge is -2.05. The van der Waals surface area contributed by atoms with Crippen LogP contribution in [0.3, 0.4) is 0 Å². The molecule has 3 heteroatoms. The smallest absolute Gasteiger partial charge is 0.119 e. The average Bonchev–Trinajstić information content (AvgIpc) is 2.87. The van der Waals surface area contributed by atoms with Crippen LogP contribution in [0.15, 0.2) is 35.7 Å². The van der Waals surface area contributed by atoms with E-state index in [-0.39, 0.29) is 0 Å². The summed E-state index contributed by atoms with van der Waals surface area (Å²) in [7, 11) is 0. The summed E-state index contributed by atoms with van der Waals surface area (Å²) < 4.78 is 5.57. The summed E-state index contributed by atoms with van der Waals surface area (Å²) in [6, 6.07) is 10.4. The molecule has 0 spiro atoms. The van der Waals surface area contributed by atoms with Gasteiger partial charge in [0.15, 0.2) is 0 Å². The Bertz CT molecular complexity index is 526. The van der Waals surface area contributed by atoms with E-state index in [1.165, 1.54) is 16.0 Å². The Morgan fingerprint density at radius 2 is 1.94 bits per heavy atom. The van der Waals surface area contributed by atoms with Crippen molar-refractivity contribution < 1.29 is 4.74 Å². The van der Waals surface area contributed by atoms with Gasteiger partial charge in [0, 0.05) is 9.74 Å². The lowest BCUT2D eigenvalue weighted by atomic mass is 10.1. The lowest BCUT2D eigenvalue weighted by molar-refractivity contribution is 0.317. The van der Waals surface area contributed by atoms with Gasteiger partial charge in [0.25, 0.3) is 0 Å². The molecule has 0 N–H and O–H groups in total. The second kappa shape index (κ2) is 6.12. The fourth-order valence-electron chi connectivity index (χ4n) is 1.64. The number of thiophene rings is 1. The molecule has 0 aliphatic heterocycles. The number of thiocarbonyl (C=S) groups is 1. The van der Waals surface area contributed by atoms with Crippen molar-refractivity contribution in [2.24, 2.45) is 0 Å². The molecule has 1 nitrogen and oxygen atoms in total. The largest absolute Gasteiger partial charge is 0.494 e. The lowest BCUT2D eigenvalue weighted by Crippen LogP contribution is -1.94. The summed E-state index contributed by atoms with van der Waals surface area (Å²) in [5.41, 5.74) is 2.43. The first kappa shape index (κ1) is 13.2. The first-order valence-electron chi connectivity index (χ1n) is 6.03. The number of rotatable bonds is 5. The molecule has 0 saturated heterocycles. The van der Waals surface area contributed by atoms with Crippen molar-refractivity contribution in [1.29, 1.82) is 0 Å². The first-order valence-corrected chi connectivity index (χ1v) is 7.32. The minimum absolute atomic E-state index is 0.770. The molecular formula is C15H16OS2. The van der Waals surface area contributed by atoms with E-state index in [2.05, 4.69) is 30.5 Å². The maximum absolute atomic E-state index is 5.57. The molecule has 0 bridgehead atoms. The highest BCUT2D eigenvalue weighted by Crippen LogP contribution is 2.27. The number of benzene rings is 1. The van der Waals surface area contributed by atoms with Gasteiger partial charge in [-0.1, -0.05) is 31.3 Å². The Hall–Kier alpha value is -1.19. The standard InChI is InChI=1S/C15H16OS2/c1-3-8-16-14-6-4-12(5-7-14)13-9-15(11(2)17)18-10-13/h4-7,9-10H,3,8H2,1-2H3. The van der Waals surface area contributed by atoms with Gasteiger partial charge in [-0.15, -0.1) is 11.3 Å². The van der Waals surface area contributed by atoms with E-state index in [4.69, 9.17) is 17.0 Å². The van der Waals surface area contributed by atoms with Gasteiger partial charge in [0.05, 0.1) is 6.61 Å². The maximum atomic E-state index is 5.57. The summed E-state index contributed by atoms with van der Waals surface area (Å²) in [6.45, 7) is 4.84. The zero-order valence-corrected chi connectivity index (χ0v) is 12.2. The Kier molecular flexibility index (Phi) is 4.50. The minimum atomic E-state index is 0.770. The van der Waals surface area contributed by atoms with Gasteiger partial charge < -0.3 is 4.74 Å². The van der Waals surface area contributed by atoms with Crippen LogP contribution in [0, 0.1) is 0 Å². The van der Waals surface area contributed by atoms with E-state index in [9.17, 15) is 0 Å². The Morgan fingerprint density at radius 3 is 2.50 bits per heavy atom. The summed E-state index contributed by atoms with van der Waals surface area (Å²) in [6.07, 6.45) is 1.03. The van der Waals surface area contributed by atoms with Gasteiger partial charge in [0.2, 0.25) is 0 Å². The molecule has 0 saturated carbocycles. The topological polar surface area (TPSA) is 9.23 Å². The van der Waals surface area contributed by atoms with E-state index in [0.717, 1.165) is 23.6 Å². The molecule has 0 aliphatic carbocycles. The van der Waals surface area contributed by atoms with Crippen molar-refractivity contribution in [3.63, 3.8) is 0 Å². The fourth-order valence-corrected chi connectivity index (χ4v) is 2.66. The molecule has 1 heterocycles. The highest BCUT2D eigenvalue weighted by molar-refractivity contribution is 7.81. The number of hydrogen-bond donors (Lipinski definition) is 0. The molecule has 0 amide bonds. The van der Waals surface area contributed by atoms with E-state index in [1.807, 2.05) is 19.1 Å². The second-order valence-electron chi connectivity index (χ2n) is 4.13. The molecule has 0 radical (unpaired) electrons. The monoisotopic (exact) mass is 276 g/mol. The van der Waals surface area contributed by atoms with Crippen molar-refractivity contribution in [3.8, 4) is 16.9 Å². The van der Waals surface area contributed by atoms with Crippen molar-refractivity contribution in [2.45, 2.75) is 20.3 Å². The van der Waals surface area contributed by atoms with Crippen LogP contribution in [0.25, 0.3) is 11.1 Å². The Morgan fingerprint density at radius 1 is 1.22 bits per heavy atom. The van der Waals surface area contributed by atoms with Crippen LogP contribution in [0.1, 0.15) is 25.1 Å². The SMILES string of the molecule is CCCOc1ccc(-c2csc(C(C)=S)c2)cc1. The minimum Gasteiger partial charge on any atom is -0.494 e. The molecular weight excluding hydrogens is 260 g/mol. The van der Waals surface area contributed by atoms with Gasteiger partial charge in [-0.25, -0.2) is 0 Å². The van der Waals surface area contributed by atoms with Crippen molar-refractivity contribution in [2.75, 3.05) is 6.61 Å². The van der Waals surface area contributed by atoms with Gasteiger partial charge in [-0.3, -0.25) is 0 Å². The summed E-state index contributed by atoms with van der Waals surface area (Å²) in [5, 5.41) is 2.15. The molecule has 2 rings (SSSR count). The average molecular weight is 276 g/mol. The highest BCUT2D eigenvalue weighted by atomic mass is 32.1. The molecule has 94 valence electrons. The maximum Gasteiger partial charge on any atom is 0.119 e. The summed E-state index contributed by atoms with van der Waals surface area (Å²) in [4.78, 5) is 2.13. The molecule has 18 heavy (non-hydrogen) atoms. The highest BCUT2D eigenvalue weighted by Gasteiger charge is 2.04. The summed E-state index contributed by atoms with van der Waals surface area (Å²) in [5.74, 6) is 0.932. The van der Waals surface area contributed by atoms with Crippen LogP contribution >= 0.6 is 23.6 Å². The molecule has 1 aromatic carbocycles. The van der Waals surface area contributed by atoms with Crippen LogP contribution in [0.5, 0.6) is 5.75 Å². The normalized spacial score (nSPS) is 10.3. The van der Waals surface area contributed by atoms with Gasteiger partial charge in [-0.2, -0.15) is 0 Å². The van der Waals surface area contributed by atoms with E-state index in [0.29, 0.717) is 0 Å². The number of ether oxygens (including phenoxy) is 1. The zero-order chi connectivity index (χ0) is 13.0. The van der Waals surface area contributed by atoms with E-state index >= 15 is 0 Å². The van der Waals surface area contributed by atoms with Crippen LogP contribution in [-0.4, -0.2) is 11.5 Å². The molecule has 0 atom stereocenters. The van der Waals surface area contributed by atoms with Gasteiger partial charge in [0.1, 0.15) is 5.75 Å². The van der Waals surface area contributed by atoms with Crippen LogP contribution in [-0.2, 0) is 0 Å². The molecule has 0 fully saturated rings. The predicted octanol–water partition coefficient (Wildman–Crippen LogP) is 4.94. The Balaban J connectivity index is 2.15. The summed E-state index contributed by atoms with van der Waals surface area (Å²) >= 11 is 6.88. The Labute approximate surface area is 117 Å². The predicted molar refractivity (Wildman–Crippen MR) is 82.9 cm³/mol. The fraction of sp³-hybridized carbons (Fsp3) is 0.267. The van der Waals surface area contributed by atoms with Crippen LogP contribution in [0.4, 0.5) is 0 Å². The third-order valence-electron chi connectivity index (χ3n) is 2.61. The quantitative estimate of drug-likeness (QED) is 0.565. The molecule has 0 unspecified atom stereocenters. The molecule has 1 aromatic heterocycles. The van der Waals surface area contributed by atoms with E-state index < -0.39 is 0 Å². The van der Waals surface area contributed by atoms with Crippen LogP contribution in [0.2, 0.25) is 0 Å². The molecule has 0 aliphatic rings. The van der Waals surface area contributed by atoms with Crippen LogP contribution < -0.4 is 4.74 Å². The first-order chi connectivity index (χ1) is 8.70. The number of hydrogen-bond acceptors (Lipinski definition) is 3. The zero-order valence-electron chi connectivity index (χ0n) is 10.6. The van der Waals surface area contributed by atoms with E-state index in [1.54, 1.807) is 11.3 Å². The van der Waals surface area contributed by atoms with Crippen molar-refractivity contribution in [3.05, 3.63) is 40.6 Å². The van der Waals surface area contributed by atoms with Crippen molar-refractivity contribution >= 4 is 28.4 Å². The van der Waals surface area contributed by atoms with Gasteiger partial charge >= 0.3 is 0 Å². The molecule has 2 aromatic rings. The van der Waals surface area contributed by atoms with Crippen molar-refractivity contribution in [1.82, 2.24) is 0 Å². The second-order valence-corrected chi connectivity index (χ2v) is 5.65.